The first-order chi connectivity index (χ1) is 26.6. The molecule has 0 bridgehead atoms. The van der Waals surface area contributed by atoms with Gasteiger partial charge in [0.05, 0.1) is 18.8 Å². The Kier molecular flexibility index (Phi) is 10.7. The highest BCUT2D eigenvalue weighted by atomic mass is 32.1. The molecule has 262 valence electrons. The quantitative estimate of drug-likeness (QED) is 0.0921. The van der Waals surface area contributed by atoms with E-state index < -0.39 is 0 Å². The van der Waals surface area contributed by atoms with Gasteiger partial charge in [0.25, 0.3) is 0 Å². The topological polar surface area (TPSA) is 93.1 Å². The van der Waals surface area contributed by atoms with Crippen molar-refractivity contribution in [3.63, 3.8) is 0 Å². The third kappa shape index (κ3) is 7.00. The van der Waals surface area contributed by atoms with Crippen molar-refractivity contribution in [2.24, 2.45) is 0 Å². The minimum absolute atomic E-state index is 0.0565. The lowest BCUT2D eigenvalue weighted by Crippen LogP contribution is -2.09. The van der Waals surface area contributed by atoms with Crippen LogP contribution in [0.4, 0.5) is 17.1 Å². The van der Waals surface area contributed by atoms with Gasteiger partial charge in [0.15, 0.2) is 0 Å². The second kappa shape index (κ2) is 16.2. The van der Waals surface area contributed by atoms with E-state index in [1.54, 1.807) is 23.5 Å². The molecule has 0 radical (unpaired) electrons. The average molecular weight is 721 g/mol. The third-order valence-electron chi connectivity index (χ3n) is 9.20. The fraction of sp³-hybridized carbons (Fsp3) is 0.128. The Bertz CT molecular complexity index is 2580. The Morgan fingerprint density at radius 2 is 1.09 bits per heavy atom. The zero-order chi connectivity index (χ0) is 37.4. The smallest absolute Gasteiger partial charge is 0.148 e. The van der Waals surface area contributed by atoms with E-state index in [2.05, 4.69) is 96.9 Å². The molecule has 0 N–H and O–H groups in total. The van der Waals surface area contributed by atoms with Gasteiger partial charge < -0.3 is 14.4 Å². The second-order valence-corrected chi connectivity index (χ2v) is 13.7. The normalized spacial score (nSPS) is 10.6. The van der Waals surface area contributed by atoms with Crippen LogP contribution in [-0.2, 0) is 0 Å². The van der Waals surface area contributed by atoms with Crippen molar-refractivity contribution in [1.82, 2.24) is 0 Å². The molecule has 0 aliphatic carbocycles. The van der Waals surface area contributed by atoms with Crippen molar-refractivity contribution in [3.8, 4) is 51.3 Å². The van der Waals surface area contributed by atoms with E-state index >= 15 is 0 Å². The van der Waals surface area contributed by atoms with Gasteiger partial charge in [-0.25, -0.2) is 0 Å². The predicted molar refractivity (Wildman–Crippen MR) is 220 cm³/mol. The summed E-state index contributed by atoms with van der Waals surface area (Å²) < 4.78 is 13.1. The Morgan fingerprint density at radius 1 is 0.556 bits per heavy atom. The van der Waals surface area contributed by atoms with Gasteiger partial charge in [-0.05, 0) is 107 Å². The van der Waals surface area contributed by atoms with Crippen LogP contribution < -0.4 is 14.4 Å². The van der Waals surface area contributed by atoms with Crippen molar-refractivity contribution in [3.05, 3.63) is 144 Å². The van der Waals surface area contributed by atoms with Gasteiger partial charge in [-0.2, -0.15) is 15.8 Å². The lowest BCUT2D eigenvalue weighted by molar-refractivity contribution is 0.319. The first-order valence-corrected chi connectivity index (χ1v) is 18.8. The molecule has 1 heterocycles. The number of thiophene rings is 1. The summed E-state index contributed by atoms with van der Waals surface area (Å²) >= 11 is 1.73. The first-order valence-electron chi connectivity index (χ1n) is 17.9. The highest BCUT2D eigenvalue weighted by molar-refractivity contribution is 7.13. The van der Waals surface area contributed by atoms with Crippen LogP contribution in [0.15, 0.2) is 138 Å². The molecule has 0 saturated carbocycles. The summed E-state index contributed by atoms with van der Waals surface area (Å²) in [6, 6.07) is 48.8. The summed E-state index contributed by atoms with van der Waals surface area (Å²) in [7, 11) is 0. The number of benzene rings is 6. The van der Waals surface area contributed by atoms with Gasteiger partial charge in [-0.15, -0.1) is 11.3 Å². The van der Waals surface area contributed by atoms with Crippen molar-refractivity contribution >= 4 is 55.5 Å². The van der Waals surface area contributed by atoms with Crippen LogP contribution in [0.5, 0.6) is 11.5 Å². The summed E-state index contributed by atoms with van der Waals surface area (Å²) in [6.45, 7) is 5.47. The molecule has 0 fully saturated rings. The zero-order valence-electron chi connectivity index (χ0n) is 30.0. The largest absolute Gasteiger partial charge is 0.492 e. The van der Waals surface area contributed by atoms with E-state index in [-0.39, 0.29) is 11.1 Å². The van der Waals surface area contributed by atoms with Crippen molar-refractivity contribution < 1.29 is 9.47 Å². The zero-order valence-corrected chi connectivity index (χ0v) is 30.9. The van der Waals surface area contributed by atoms with E-state index in [1.165, 1.54) is 4.88 Å². The minimum Gasteiger partial charge on any atom is -0.492 e. The number of nitriles is 3. The standard InChI is InChI=1S/C47H36N4O2S/c1-3-24-52-46-41-23-17-35(45-11-8-26-54-45)28-43(41)47(53-25-4-2)40-22-16-34(27-42(40)46)32-12-18-38(19-13-32)51(37-9-6-5-7-10-37)39-20-14-33(15-21-39)44(31-50)36(29-48)30-49/h5-23,26-28H,3-4,24-25H2,1-2H3. The average Bonchev–Trinajstić information content (AvgIpc) is 3.77. The van der Waals surface area contributed by atoms with E-state index in [0.717, 1.165) is 79.6 Å². The molecule has 6 aromatic carbocycles. The van der Waals surface area contributed by atoms with Crippen molar-refractivity contribution in [1.29, 1.82) is 15.8 Å². The molecule has 7 aromatic rings. The summed E-state index contributed by atoms with van der Waals surface area (Å²) in [5.41, 5.74) is 6.40. The van der Waals surface area contributed by atoms with Crippen LogP contribution in [0.2, 0.25) is 0 Å². The predicted octanol–water partition coefficient (Wildman–Crippen LogP) is 12.8. The maximum absolute atomic E-state index is 9.68. The van der Waals surface area contributed by atoms with Crippen LogP contribution in [-0.4, -0.2) is 13.2 Å². The number of anilines is 3. The molecule has 6 nitrogen and oxygen atoms in total. The fourth-order valence-electron chi connectivity index (χ4n) is 6.65. The van der Waals surface area contributed by atoms with Crippen LogP contribution in [0, 0.1) is 34.0 Å². The maximum Gasteiger partial charge on any atom is 0.148 e. The fourth-order valence-corrected chi connectivity index (χ4v) is 7.38. The van der Waals surface area contributed by atoms with Gasteiger partial charge in [0, 0.05) is 43.5 Å². The van der Waals surface area contributed by atoms with E-state index in [4.69, 9.17) is 9.47 Å². The number of nitrogens with zero attached hydrogens (tertiary/aromatic N) is 4. The first kappa shape index (κ1) is 35.5. The molecule has 7 rings (SSSR count). The number of hydrogen-bond acceptors (Lipinski definition) is 7. The molecule has 1 aromatic heterocycles. The third-order valence-corrected chi connectivity index (χ3v) is 10.1. The van der Waals surface area contributed by atoms with Crippen LogP contribution >= 0.6 is 11.3 Å². The van der Waals surface area contributed by atoms with Crippen LogP contribution in [0.1, 0.15) is 32.3 Å². The molecular formula is C47H36N4O2S. The van der Waals surface area contributed by atoms with Crippen molar-refractivity contribution in [2.45, 2.75) is 26.7 Å². The highest BCUT2D eigenvalue weighted by Gasteiger charge is 2.19. The van der Waals surface area contributed by atoms with Gasteiger partial charge in [0.1, 0.15) is 35.3 Å². The van der Waals surface area contributed by atoms with Crippen LogP contribution in [0.3, 0.4) is 0 Å². The lowest BCUT2D eigenvalue weighted by atomic mass is 9.95. The Hall–Kier alpha value is -6.85. The number of hydrogen-bond donors (Lipinski definition) is 0. The summed E-state index contributed by atoms with van der Waals surface area (Å²) in [5, 5.41) is 34.6. The number of ether oxygens (including phenoxy) is 2. The number of rotatable bonds is 12. The van der Waals surface area contributed by atoms with Crippen molar-refractivity contribution in [2.75, 3.05) is 18.1 Å². The molecule has 0 atom stereocenters. The summed E-state index contributed by atoms with van der Waals surface area (Å²) in [6.07, 6.45) is 1.79. The van der Waals surface area contributed by atoms with E-state index in [0.29, 0.717) is 18.8 Å². The maximum atomic E-state index is 9.68. The van der Waals surface area contributed by atoms with E-state index in [1.807, 2.05) is 60.7 Å². The summed E-state index contributed by atoms with van der Waals surface area (Å²) in [5.74, 6) is 1.75. The molecule has 0 aliphatic rings. The number of allylic oxidation sites excluding steroid dienone is 2. The molecule has 0 unspecified atom stereocenters. The molecular weight excluding hydrogens is 685 g/mol. The van der Waals surface area contributed by atoms with Gasteiger partial charge in [0.2, 0.25) is 0 Å². The van der Waals surface area contributed by atoms with Crippen LogP contribution in [0.25, 0.3) is 48.7 Å². The minimum atomic E-state index is -0.209. The Balaban J connectivity index is 1.31. The molecule has 0 amide bonds. The molecule has 7 heteroatoms. The monoisotopic (exact) mass is 720 g/mol. The molecule has 54 heavy (non-hydrogen) atoms. The molecule has 0 spiro atoms. The Morgan fingerprint density at radius 3 is 1.63 bits per heavy atom. The Labute approximate surface area is 319 Å². The van der Waals surface area contributed by atoms with Gasteiger partial charge in [-0.3, -0.25) is 0 Å². The van der Waals surface area contributed by atoms with Gasteiger partial charge in [-0.1, -0.05) is 74.5 Å². The second-order valence-electron chi connectivity index (χ2n) is 12.7. The highest BCUT2D eigenvalue weighted by Crippen LogP contribution is 2.46. The van der Waals surface area contributed by atoms with E-state index in [9.17, 15) is 15.8 Å². The number of para-hydroxylation sites is 1. The molecule has 0 aliphatic heterocycles. The number of fused-ring (bicyclic) bond motifs is 2. The molecule has 0 saturated heterocycles. The summed E-state index contributed by atoms with van der Waals surface area (Å²) in [4.78, 5) is 3.34. The lowest BCUT2D eigenvalue weighted by Gasteiger charge is -2.26. The SMILES string of the molecule is CCCOc1c2ccc(-c3cccs3)cc2c(OCCC)c2ccc(-c3ccc(N(c4ccccc4)c4ccc(C(C#N)=C(C#N)C#N)cc4)cc3)cc12. The van der Waals surface area contributed by atoms with Gasteiger partial charge >= 0.3 is 0 Å².